The largest absolute Gasteiger partial charge is 0.481 e. The van der Waals surface area contributed by atoms with Crippen molar-refractivity contribution < 1.29 is 19.3 Å². The number of nitrogens with zero attached hydrogens (tertiary/aromatic N) is 6. The van der Waals surface area contributed by atoms with E-state index in [-0.39, 0.29) is 22.4 Å². The Hall–Kier alpha value is -3.58. The predicted molar refractivity (Wildman–Crippen MR) is 128 cm³/mol. The smallest absolute Gasteiger partial charge is 0.311 e. The van der Waals surface area contributed by atoms with E-state index in [0.717, 1.165) is 16.3 Å². The van der Waals surface area contributed by atoms with Gasteiger partial charge in [-0.15, -0.1) is 11.3 Å². The van der Waals surface area contributed by atoms with E-state index in [4.69, 9.17) is 21.1 Å². The van der Waals surface area contributed by atoms with Crippen molar-refractivity contribution in [2.45, 2.75) is 26.8 Å². The van der Waals surface area contributed by atoms with E-state index in [1.807, 2.05) is 18.0 Å². The normalized spacial score (nSPS) is 10.1. The summed E-state index contributed by atoms with van der Waals surface area (Å²) in [6, 6.07) is 5.55. The summed E-state index contributed by atoms with van der Waals surface area (Å²) in [5, 5.41) is 22.4. The molecule has 0 saturated heterocycles. The fourth-order valence-electron chi connectivity index (χ4n) is 2.68. The highest BCUT2D eigenvalue weighted by atomic mass is 35.5. The molecule has 0 radical (unpaired) electrons. The van der Waals surface area contributed by atoms with Gasteiger partial charge >= 0.3 is 11.4 Å². The van der Waals surface area contributed by atoms with Gasteiger partial charge in [0.1, 0.15) is 0 Å². The number of aromatic nitrogens is 3. The summed E-state index contributed by atoms with van der Waals surface area (Å²) in [6.45, 7) is 5.12. The van der Waals surface area contributed by atoms with E-state index in [0.29, 0.717) is 24.8 Å². The topological polar surface area (TPSA) is 147 Å². The van der Waals surface area contributed by atoms with Crippen LogP contribution in [-0.2, 0) is 13.0 Å². The average Bonchev–Trinajstić information content (AvgIpc) is 3.29. The van der Waals surface area contributed by atoms with E-state index < -0.39 is 9.85 Å². The molecule has 3 aromatic heterocycles. The van der Waals surface area contributed by atoms with Crippen molar-refractivity contribution in [1.29, 1.82) is 0 Å². The molecule has 0 saturated carbocycles. The fraction of sp³-hybridized carbons (Fsp3) is 0.350. The van der Waals surface area contributed by atoms with Crippen LogP contribution in [0.1, 0.15) is 23.7 Å². The van der Waals surface area contributed by atoms with Crippen molar-refractivity contribution in [1.82, 2.24) is 15.0 Å². The van der Waals surface area contributed by atoms with Crippen LogP contribution in [0.4, 0.5) is 17.2 Å². The lowest BCUT2D eigenvalue weighted by molar-refractivity contribution is -0.385. The number of anilines is 1. The standard InChI is InChI=1S/C14H18N4O3S.C6H5ClN2O3/c1-4-13-15-8-10(22-13)9-17(5-2)14-11(18(19)20)6-7-12(16-14)21-3;1-12-5-3-2-4(9(10)11)6(7)8-5/h6-8H,4-5,9H2,1-3H3;2-3H,1H3. The first-order valence-corrected chi connectivity index (χ1v) is 11.2. The lowest BCUT2D eigenvalue weighted by atomic mass is 10.3. The van der Waals surface area contributed by atoms with E-state index in [1.54, 1.807) is 11.3 Å². The van der Waals surface area contributed by atoms with Crippen LogP contribution in [0.2, 0.25) is 5.15 Å². The van der Waals surface area contributed by atoms with Crippen molar-refractivity contribution >= 4 is 40.1 Å². The van der Waals surface area contributed by atoms with Crippen LogP contribution in [0.15, 0.2) is 30.5 Å². The molecule has 3 rings (SSSR count). The Balaban J connectivity index is 0.000000287. The Kier molecular flexibility index (Phi) is 9.89. The van der Waals surface area contributed by atoms with Crippen LogP contribution >= 0.6 is 22.9 Å². The summed E-state index contributed by atoms with van der Waals surface area (Å²) in [5.41, 5.74) is -0.250. The summed E-state index contributed by atoms with van der Waals surface area (Å²) in [4.78, 5) is 35.6. The second-order valence-electron chi connectivity index (χ2n) is 6.46. The van der Waals surface area contributed by atoms with Gasteiger partial charge in [0.15, 0.2) is 0 Å². The van der Waals surface area contributed by atoms with Gasteiger partial charge in [0.2, 0.25) is 22.7 Å². The van der Waals surface area contributed by atoms with Gasteiger partial charge in [-0.2, -0.15) is 9.97 Å². The zero-order valence-corrected chi connectivity index (χ0v) is 20.5. The van der Waals surface area contributed by atoms with Gasteiger partial charge in [-0.1, -0.05) is 18.5 Å². The van der Waals surface area contributed by atoms with E-state index in [2.05, 4.69) is 21.9 Å². The number of hydrogen-bond donors (Lipinski definition) is 0. The Labute approximate surface area is 204 Å². The molecule has 0 atom stereocenters. The molecular formula is C20H23ClN6O6S. The molecule has 0 amide bonds. The maximum atomic E-state index is 11.2. The minimum Gasteiger partial charge on any atom is -0.481 e. The number of thiazole rings is 1. The van der Waals surface area contributed by atoms with Crippen LogP contribution in [0, 0.1) is 20.2 Å². The lowest BCUT2D eigenvalue weighted by Gasteiger charge is -2.21. The van der Waals surface area contributed by atoms with Crippen molar-refractivity contribution in [3.05, 3.63) is 65.7 Å². The van der Waals surface area contributed by atoms with Gasteiger partial charge in [0, 0.05) is 41.9 Å². The highest BCUT2D eigenvalue weighted by Gasteiger charge is 2.22. The number of aryl methyl sites for hydroxylation is 1. The monoisotopic (exact) mass is 510 g/mol. The van der Waals surface area contributed by atoms with E-state index in [1.165, 1.54) is 38.5 Å². The number of methoxy groups -OCH3 is 2. The van der Waals surface area contributed by atoms with E-state index >= 15 is 0 Å². The third-order valence-electron chi connectivity index (χ3n) is 4.38. The quantitative estimate of drug-likeness (QED) is 0.225. The zero-order chi connectivity index (χ0) is 25.3. The second-order valence-corrected chi connectivity index (χ2v) is 8.02. The molecule has 14 heteroatoms. The molecule has 0 aliphatic heterocycles. The molecule has 0 fully saturated rings. The van der Waals surface area contributed by atoms with Crippen LogP contribution in [0.25, 0.3) is 0 Å². The molecule has 3 aromatic rings. The number of ether oxygens (including phenoxy) is 2. The molecule has 3 heterocycles. The van der Waals surface area contributed by atoms with Crippen LogP contribution in [0.3, 0.4) is 0 Å². The molecule has 182 valence electrons. The van der Waals surface area contributed by atoms with Crippen molar-refractivity contribution in [2.24, 2.45) is 0 Å². The molecule has 0 bridgehead atoms. The Morgan fingerprint density at radius 2 is 1.59 bits per heavy atom. The third kappa shape index (κ3) is 6.96. The van der Waals surface area contributed by atoms with Crippen LogP contribution in [-0.4, -0.2) is 45.6 Å². The minimum absolute atomic E-state index is 0.0251. The first-order valence-electron chi connectivity index (χ1n) is 9.96. The van der Waals surface area contributed by atoms with Gasteiger partial charge in [-0.05, 0) is 13.3 Å². The SMILES string of the molecule is CCc1ncc(CN(CC)c2nc(OC)ccc2[N+](=O)[O-])s1.COc1ccc([N+](=O)[O-])c(Cl)n1. The van der Waals surface area contributed by atoms with Gasteiger partial charge in [-0.3, -0.25) is 20.2 Å². The zero-order valence-electron chi connectivity index (χ0n) is 18.9. The van der Waals surface area contributed by atoms with Crippen molar-refractivity contribution in [3.8, 4) is 11.8 Å². The Morgan fingerprint density at radius 3 is 2.06 bits per heavy atom. The Morgan fingerprint density at radius 1 is 1.00 bits per heavy atom. The van der Waals surface area contributed by atoms with Gasteiger partial charge < -0.3 is 14.4 Å². The molecule has 0 aliphatic carbocycles. The third-order valence-corrected chi connectivity index (χ3v) is 5.78. The molecule has 0 unspecified atom stereocenters. The maximum absolute atomic E-state index is 11.2. The summed E-state index contributed by atoms with van der Waals surface area (Å²) < 4.78 is 9.80. The number of rotatable bonds is 9. The van der Waals surface area contributed by atoms with Crippen molar-refractivity contribution in [2.75, 3.05) is 25.7 Å². The highest BCUT2D eigenvalue weighted by Crippen LogP contribution is 2.30. The minimum atomic E-state index is -0.602. The van der Waals surface area contributed by atoms with Gasteiger partial charge in [-0.25, -0.2) is 4.98 Å². The molecule has 0 spiro atoms. The molecule has 0 N–H and O–H groups in total. The first-order chi connectivity index (χ1) is 16.2. The summed E-state index contributed by atoms with van der Waals surface area (Å²) in [7, 11) is 2.90. The van der Waals surface area contributed by atoms with Crippen LogP contribution < -0.4 is 14.4 Å². The lowest BCUT2D eigenvalue weighted by Crippen LogP contribution is -2.23. The molecule has 0 aromatic carbocycles. The van der Waals surface area contributed by atoms with Gasteiger partial charge in [0.05, 0.1) is 35.6 Å². The average molecular weight is 511 g/mol. The summed E-state index contributed by atoms with van der Waals surface area (Å²) >= 11 is 7.08. The molecule has 12 nitrogen and oxygen atoms in total. The maximum Gasteiger partial charge on any atom is 0.311 e. The van der Waals surface area contributed by atoms with Gasteiger partial charge in [0.25, 0.3) is 0 Å². The Bertz CT molecular complexity index is 1140. The number of halogens is 1. The van der Waals surface area contributed by atoms with Crippen molar-refractivity contribution in [3.63, 3.8) is 0 Å². The summed E-state index contributed by atoms with van der Waals surface area (Å²) in [5.74, 6) is 0.932. The number of pyridine rings is 2. The molecular weight excluding hydrogens is 488 g/mol. The number of nitro groups is 2. The van der Waals surface area contributed by atoms with Crippen LogP contribution in [0.5, 0.6) is 11.8 Å². The van der Waals surface area contributed by atoms with E-state index in [9.17, 15) is 20.2 Å². The molecule has 0 aliphatic rings. The number of hydrogen-bond acceptors (Lipinski definition) is 11. The second kappa shape index (κ2) is 12.6. The highest BCUT2D eigenvalue weighted by molar-refractivity contribution is 7.11. The summed E-state index contributed by atoms with van der Waals surface area (Å²) in [6.07, 6.45) is 2.70. The fourth-order valence-corrected chi connectivity index (χ4v) is 3.78. The molecule has 34 heavy (non-hydrogen) atoms. The predicted octanol–water partition coefficient (Wildman–Crippen LogP) is 4.70. The first kappa shape index (κ1) is 26.7.